The van der Waals surface area contributed by atoms with Gasteiger partial charge in [-0.25, -0.2) is 0 Å². The molecule has 0 bridgehead atoms. The normalized spacial score (nSPS) is 10.0. The van der Waals surface area contributed by atoms with Gasteiger partial charge in [-0.05, 0) is 54.4 Å². The largest absolute Gasteiger partial charge is 0.355 e. The summed E-state index contributed by atoms with van der Waals surface area (Å²) in [5.74, 6) is -0.255. The third kappa shape index (κ3) is 4.05. The van der Waals surface area contributed by atoms with Crippen LogP contribution in [0.5, 0.6) is 0 Å². The van der Waals surface area contributed by atoms with Crippen molar-refractivity contribution in [3.8, 4) is 6.07 Å². The second-order valence-corrected chi connectivity index (χ2v) is 5.71. The number of nitriles is 1. The van der Waals surface area contributed by atoms with E-state index in [1.54, 1.807) is 30.5 Å². The number of hydrogen-bond donors (Lipinski definition) is 2. The summed E-state index contributed by atoms with van der Waals surface area (Å²) in [5.41, 5.74) is 4.38. The molecular weight excluding hydrogens is 324 g/mol. The Labute approximate surface area is 152 Å². The van der Waals surface area contributed by atoms with E-state index in [1.165, 1.54) is 0 Å². The van der Waals surface area contributed by atoms with Gasteiger partial charge in [0, 0.05) is 23.3 Å². The number of nitrogens with one attached hydrogen (secondary N) is 2. The number of carbonyl (C=O) groups is 1. The number of nitrogens with zero attached hydrogens (tertiary/aromatic N) is 2. The van der Waals surface area contributed by atoms with Gasteiger partial charge in [-0.3, -0.25) is 9.78 Å². The summed E-state index contributed by atoms with van der Waals surface area (Å²) in [7, 11) is 0. The fourth-order valence-electron chi connectivity index (χ4n) is 2.56. The van der Waals surface area contributed by atoms with E-state index in [1.807, 2.05) is 43.3 Å². The highest BCUT2D eigenvalue weighted by Gasteiger charge is 2.10. The Morgan fingerprint density at radius 1 is 1.08 bits per heavy atom. The maximum absolute atomic E-state index is 12.5. The average molecular weight is 342 g/mol. The summed E-state index contributed by atoms with van der Waals surface area (Å²) in [4.78, 5) is 16.7. The lowest BCUT2D eigenvalue weighted by atomic mass is 10.1. The first-order valence-corrected chi connectivity index (χ1v) is 8.32. The number of hydrogen-bond acceptors (Lipinski definition) is 4. The van der Waals surface area contributed by atoms with Crippen LogP contribution in [0.1, 0.15) is 28.5 Å². The van der Waals surface area contributed by atoms with Crippen LogP contribution in [0.2, 0.25) is 0 Å². The van der Waals surface area contributed by atoms with E-state index in [0.717, 1.165) is 29.0 Å². The van der Waals surface area contributed by atoms with Gasteiger partial charge in [0.05, 0.1) is 11.6 Å². The van der Waals surface area contributed by atoms with Crippen LogP contribution in [-0.4, -0.2) is 10.9 Å². The zero-order chi connectivity index (χ0) is 18.4. The van der Waals surface area contributed by atoms with Gasteiger partial charge in [0.15, 0.2) is 0 Å². The molecule has 1 aromatic heterocycles. The second kappa shape index (κ2) is 7.95. The van der Waals surface area contributed by atoms with Crippen molar-refractivity contribution < 1.29 is 4.79 Å². The molecule has 128 valence electrons. The number of carbonyl (C=O) groups excluding carboxylic acids is 1. The lowest BCUT2D eigenvalue weighted by molar-refractivity contribution is 0.102. The van der Waals surface area contributed by atoms with Crippen LogP contribution in [-0.2, 0) is 6.42 Å². The molecule has 5 heteroatoms. The molecule has 0 fully saturated rings. The van der Waals surface area contributed by atoms with E-state index in [9.17, 15) is 4.79 Å². The Kier molecular flexibility index (Phi) is 5.25. The van der Waals surface area contributed by atoms with Crippen LogP contribution in [0.25, 0.3) is 0 Å². The van der Waals surface area contributed by atoms with E-state index < -0.39 is 0 Å². The van der Waals surface area contributed by atoms with Gasteiger partial charge in [-0.15, -0.1) is 0 Å². The summed E-state index contributed by atoms with van der Waals surface area (Å²) in [5, 5.41) is 15.0. The van der Waals surface area contributed by atoms with Crippen molar-refractivity contribution >= 4 is 23.0 Å². The van der Waals surface area contributed by atoms with Crippen molar-refractivity contribution in [2.75, 3.05) is 10.6 Å². The van der Waals surface area contributed by atoms with E-state index in [0.29, 0.717) is 11.3 Å². The van der Waals surface area contributed by atoms with Gasteiger partial charge in [0.2, 0.25) is 0 Å². The van der Waals surface area contributed by atoms with Crippen LogP contribution in [0, 0.1) is 11.3 Å². The van der Waals surface area contributed by atoms with Gasteiger partial charge >= 0.3 is 0 Å². The molecule has 5 nitrogen and oxygen atoms in total. The minimum atomic E-state index is -0.255. The summed E-state index contributed by atoms with van der Waals surface area (Å²) in [6.07, 6.45) is 2.43. The molecule has 2 aromatic carbocycles. The lowest BCUT2D eigenvalue weighted by Crippen LogP contribution is -2.15. The Morgan fingerprint density at radius 2 is 1.85 bits per heavy atom. The molecule has 0 aliphatic carbocycles. The zero-order valence-corrected chi connectivity index (χ0v) is 14.4. The Morgan fingerprint density at radius 3 is 2.58 bits per heavy atom. The van der Waals surface area contributed by atoms with Crippen LogP contribution in [0.15, 0.2) is 66.9 Å². The van der Waals surface area contributed by atoms with Crippen LogP contribution < -0.4 is 10.6 Å². The van der Waals surface area contributed by atoms with Crippen molar-refractivity contribution in [3.63, 3.8) is 0 Å². The number of benzene rings is 2. The number of pyridine rings is 1. The first-order valence-electron chi connectivity index (χ1n) is 8.32. The lowest BCUT2D eigenvalue weighted by Gasteiger charge is -2.11. The molecule has 0 spiro atoms. The number of amides is 1. The van der Waals surface area contributed by atoms with Crippen molar-refractivity contribution in [3.05, 3.63) is 83.7 Å². The highest BCUT2D eigenvalue weighted by atomic mass is 16.1. The average Bonchev–Trinajstić information content (AvgIpc) is 2.69. The molecule has 0 radical (unpaired) electrons. The molecule has 3 aromatic rings. The van der Waals surface area contributed by atoms with Crippen LogP contribution in [0.3, 0.4) is 0 Å². The van der Waals surface area contributed by atoms with Gasteiger partial charge < -0.3 is 10.6 Å². The highest BCUT2D eigenvalue weighted by molar-refractivity contribution is 6.03. The molecule has 0 saturated heterocycles. The van der Waals surface area contributed by atoms with Gasteiger partial charge in [0.25, 0.3) is 5.91 Å². The molecule has 0 atom stereocenters. The summed E-state index contributed by atoms with van der Waals surface area (Å²) >= 11 is 0. The molecule has 0 aliphatic heterocycles. The number of para-hydroxylation sites is 1. The van der Waals surface area contributed by atoms with Crippen molar-refractivity contribution in [1.82, 2.24) is 4.98 Å². The fourth-order valence-corrected chi connectivity index (χ4v) is 2.56. The maximum atomic E-state index is 12.5. The predicted octanol–water partition coefficient (Wildman–Crippen LogP) is 4.51. The third-order valence-corrected chi connectivity index (χ3v) is 3.94. The zero-order valence-electron chi connectivity index (χ0n) is 14.4. The van der Waals surface area contributed by atoms with Crippen LogP contribution in [0.4, 0.5) is 17.1 Å². The van der Waals surface area contributed by atoms with E-state index in [2.05, 4.69) is 21.7 Å². The number of aromatic nitrogens is 1. The van der Waals surface area contributed by atoms with Crippen molar-refractivity contribution in [2.45, 2.75) is 13.3 Å². The van der Waals surface area contributed by atoms with Gasteiger partial charge in [-0.1, -0.05) is 25.1 Å². The van der Waals surface area contributed by atoms with Gasteiger partial charge in [0.1, 0.15) is 5.69 Å². The Hall–Kier alpha value is -3.65. The molecule has 3 rings (SSSR count). The van der Waals surface area contributed by atoms with Crippen LogP contribution >= 0.6 is 0 Å². The molecule has 0 aliphatic rings. The molecule has 1 amide bonds. The summed E-state index contributed by atoms with van der Waals surface area (Å²) in [6, 6.07) is 20.4. The summed E-state index contributed by atoms with van der Waals surface area (Å²) < 4.78 is 0. The second-order valence-electron chi connectivity index (χ2n) is 5.71. The fraction of sp³-hybridized carbons (Fsp3) is 0.0952. The van der Waals surface area contributed by atoms with E-state index >= 15 is 0 Å². The van der Waals surface area contributed by atoms with E-state index in [4.69, 9.17) is 5.26 Å². The SMILES string of the molecule is CCc1ccccc1NC(=O)c1cc(Nc2ccc(C#N)cc2)ccn1. The van der Waals surface area contributed by atoms with E-state index in [-0.39, 0.29) is 5.91 Å². The minimum absolute atomic E-state index is 0.255. The standard InChI is InChI=1S/C21H18N4O/c1-2-16-5-3-4-6-19(16)25-21(26)20-13-18(11-12-23-20)24-17-9-7-15(14-22)8-10-17/h3-13H,2H2,1H3,(H,23,24)(H,25,26). The highest BCUT2D eigenvalue weighted by Crippen LogP contribution is 2.19. The first kappa shape index (κ1) is 17.2. The first-order chi connectivity index (χ1) is 12.7. The molecule has 0 saturated carbocycles. The number of rotatable bonds is 5. The Balaban J connectivity index is 1.75. The number of aryl methyl sites for hydroxylation is 1. The quantitative estimate of drug-likeness (QED) is 0.715. The number of anilines is 3. The predicted molar refractivity (Wildman–Crippen MR) is 102 cm³/mol. The topological polar surface area (TPSA) is 77.8 Å². The maximum Gasteiger partial charge on any atom is 0.274 e. The molecule has 2 N–H and O–H groups in total. The van der Waals surface area contributed by atoms with Gasteiger partial charge in [-0.2, -0.15) is 5.26 Å². The third-order valence-electron chi connectivity index (χ3n) is 3.94. The summed E-state index contributed by atoms with van der Waals surface area (Å²) in [6.45, 7) is 2.05. The molecular formula is C21H18N4O. The Bertz CT molecular complexity index is 958. The van der Waals surface area contributed by atoms with Crippen molar-refractivity contribution in [2.24, 2.45) is 0 Å². The smallest absolute Gasteiger partial charge is 0.274 e. The minimum Gasteiger partial charge on any atom is -0.355 e. The molecule has 1 heterocycles. The molecule has 0 unspecified atom stereocenters. The monoisotopic (exact) mass is 342 g/mol. The molecule has 26 heavy (non-hydrogen) atoms. The van der Waals surface area contributed by atoms with Crippen molar-refractivity contribution in [1.29, 1.82) is 5.26 Å².